The van der Waals surface area contributed by atoms with Crippen LogP contribution < -0.4 is 10.6 Å². The summed E-state index contributed by atoms with van der Waals surface area (Å²) in [5.74, 6) is -1.65. The molecule has 0 radical (unpaired) electrons. The van der Waals surface area contributed by atoms with Crippen molar-refractivity contribution in [3.8, 4) is 0 Å². The Morgan fingerprint density at radius 3 is 2.82 bits per heavy atom. The molecule has 0 bridgehead atoms. The highest BCUT2D eigenvalue weighted by atomic mass is 32.1. The summed E-state index contributed by atoms with van der Waals surface area (Å²) < 4.78 is 27.8. The summed E-state index contributed by atoms with van der Waals surface area (Å²) >= 11 is 1.42. The number of aliphatic hydroxyl groups is 1. The third-order valence-electron chi connectivity index (χ3n) is 6.07. The fraction of sp³-hybridized carbons (Fsp3) is 0.545. The lowest BCUT2D eigenvalue weighted by Crippen LogP contribution is -2.42. The molecule has 0 spiro atoms. The van der Waals surface area contributed by atoms with E-state index in [9.17, 15) is 13.9 Å². The molecule has 1 aliphatic carbocycles. The van der Waals surface area contributed by atoms with E-state index in [1.807, 2.05) is 12.1 Å². The summed E-state index contributed by atoms with van der Waals surface area (Å²) in [7, 11) is 0. The van der Waals surface area contributed by atoms with E-state index in [0.29, 0.717) is 42.1 Å². The van der Waals surface area contributed by atoms with E-state index in [4.69, 9.17) is 0 Å². The van der Waals surface area contributed by atoms with Crippen LogP contribution in [-0.4, -0.2) is 61.1 Å². The van der Waals surface area contributed by atoms with Crippen LogP contribution in [0.4, 0.5) is 25.7 Å². The second kappa shape index (κ2) is 9.40. The predicted octanol–water partition coefficient (Wildman–Crippen LogP) is 4.17. The highest BCUT2D eigenvalue weighted by molar-refractivity contribution is 7.21. The molecule has 1 saturated carbocycles. The molecular formula is C22H27F2N7OS. The standard InChI is InChI=1S/C22H27F2N7OS/c23-22(24)8-2-10-31(13-22)12-15-11-18(30-21-28-17-3-1-9-25-19(17)33-21)29-20(27-15)26-14-4-6-16(32)7-5-14/h1,3,9,11,14,16,32H,2,4-8,10,12-13H2,(H2,26,27,28,29,30). The molecule has 0 aromatic carbocycles. The molecule has 3 N–H and O–H groups in total. The fourth-order valence-corrected chi connectivity index (χ4v) is 5.27. The molecule has 5 rings (SSSR count). The molecule has 3 aromatic rings. The Kier molecular flexibility index (Phi) is 6.35. The number of anilines is 3. The second-order valence-corrected chi connectivity index (χ2v) is 9.84. The first-order valence-corrected chi connectivity index (χ1v) is 12.1. The summed E-state index contributed by atoms with van der Waals surface area (Å²) in [4.78, 5) is 20.7. The number of fused-ring (bicyclic) bond motifs is 1. The summed E-state index contributed by atoms with van der Waals surface area (Å²) in [5, 5.41) is 17.1. The van der Waals surface area contributed by atoms with Crippen LogP contribution in [0.2, 0.25) is 0 Å². The second-order valence-electron chi connectivity index (χ2n) is 8.86. The van der Waals surface area contributed by atoms with Crippen molar-refractivity contribution in [3.05, 3.63) is 30.1 Å². The lowest BCUT2D eigenvalue weighted by Gasteiger charge is -2.32. The van der Waals surface area contributed by atoms with Gasteiger partial charge < -0.3 is 15.7 Å². The number of thiazole rings is 1. The largest absolute Gasteiger partial charge is 0.393 e. The Balaban J connectivity index is 1.38. The number of nitrogens with zero attached hydrogens (tertiary/aromatic N) is 5. The minimum absolute atomic E-state index is 0.0634. The number of likely N-dealkylation sites (tertiary alicyclic amines) is 1. The molecule has 3 aromatic heterocycles. The predicted molar refractivity (Wildman–Crippen MR) is 124 cm³/mol. The van der Waals surface area contributed by atoms with Gasteiger partial charge in [0.05, 0.1) is 18.3 Å². The number of rotatable bonds is 6. The number of hydrogen-bond acceptors (Lipinski definition) is 9. The van der Waals surface area contributed by atoms with Gasteiger partial charge in [0.1, 0.15) is 16.2 Å². The van der Waals surface area contributed by atoms with Crippen LogP contribution >= 0.6 is 11.3 Å². The van der Waals surface area contributed by atoms with Crippen LogP contribution in [0.3, 0.4) is 0 Å². The first kappa shape index (κ1) is 22.3. The maximum atomic E-state index is 13.9. The molecule has 0 amide bonds. The third kappa shape index (κ3) is 5.71. The molecule has 0 atom stereocenters. The molecule has 4 heterocycles. The maximum Gasteiger partial charge on any atom is 0.260 e. The van der Waals surface area contributed by atoms with Crippen molar-refractivity contribution < 1.29 is 13.9 Å². The van der Waals surface area contributed by atoms with E-state index in [-0.39, 0.29) is 25.1 Å². The molecular weight excluding hydrogens is 448 g/mol. The molecule has 0 unspecified atom stereocenters. The van der Waals surface area contributed by atoms with Gasteiger partial charge >= 0.3 is 0 Å². The van der Waals surface area contributed by atoms with Crippen LogP contribution in [-0.2, 0) is 6.54 Å². The van der Waals surface area contributed by atoms with Crippen molar-refractivity contribution in [1.29, 1.82) is 0 Å². The van der Waals surface area contributed by atoms with Crippen molar-refractivity contribution in [1.82, 2.24) is 24.8 Å². The smallest absolute Gasteiger partial charge is 0.260 e. The normalized spacial score (nSPS) is 23.5. The minimum Gasteiger partial charge on any atom is -0.393 e. The van der Waals surface area contributed by atoms with Gasteiger partial charge in [-0.2, -0.15) is 4.98 Å². The Labute approximate surface area is 194 Å². The number of piperidine rings is 1. The lowest BCUT2D eigenvalue weighted by atomic mass is 9.93. The first-order chi connectivity index (χ1) is 15.9. The van der Waals surface area contributed by atoms with Crippen molar-refractivity contribution in [2.45, 2.75) is 63.1 Å². The molecule has 1 aliphatic heterocycles. The molecule has 1 saturated heterocycles. The van der Waals surface area contributed by atoms with Gasteiger partial charge in [-0.1, -0.05) is 11.3 Å². The number of aromatic nitrogens is 4. The van der Waals surface area contributed by atoms with Gasteiger partial charge in [-0.15, -0.1) is 0 Å². The highest BCUT2D eigenvalue weighted by Gasteiger charge is 2.35. The van der Waals surface area contributed by atoms with E-state index in [1.54, 1.807) is 17.2 Å². The lowest BCUT2D eigenvalue weighted by molar-refractivity contribution is -0.0663. The number of nitrogens with one attached hydrogen (secondary N) is 2. The zero-order valence-electron chi connectivity index (χ0n) is 18.2. The zero-order valence-corrected chi connectivity index (χ0v) is 19.0. The van der Waals surface area contributed by atoms with Gasteiger partial charge in [0.2, 0.25) is 5.95 Å². The Hall–Kier alpha value is -2.50. The van der Waals surface area contributed by atoms with Crippen molar-refractivity contribution in [3.63, 3.8) is 0 Å². The molecule has 11 heteroatoms. The SMILES string of the molecule is OC1CCC(Nc2nc(CN3CCCC(F)(F)C3)cc(Nc3nc4cccnc4s3)n2)CC1. The summed E-state index contributed by atoms with van der Waals surface area (Å²) in [5.41, 5.74) is 1.47. The van der Waals surface area contributed by atoms with E-state index in [1.165, 1.54) is 11.3 Å². The van der Waals surface area contributed by atoms with Crippen LogP contribution in [0.1, 0.15) is 44.2 Å². The number of alkyl halides is 2. The topological polar surface area (TPSA) is 99.1 Å². The van der Waals surface area contributed by atoms with Crippen molar-refractivity contribution in [2.75, 3.05) is 23.7 Å². The Morgan fingerprint density at radius 2 is 2.03 bits per heavy atom. The quantitative estimate of drug-likeness (QED) is 0.489. The molecule has 33 heavy (non-hydrogen) atoms. The fourth-order valence-electron chi connectivity index (χ4n) is 4.45. The van der Waals surface area contributed by atoms with E-state index in [2.05, 4.69) is 30.6 Å². The highest BCUT2D eigenvalue weighted by Crippen LogP contribution is 2.29. The minimum atomic E-state index is -2.66. The van der Waals surface area contributed by atoms with E-state index in [0.717, 1.165) is 36.0 Å². The van der Waals surface area contributed by atoms with Gasteiger partial charge in [-0.05, 0) is 50.8 Å². The summed E-state index contributed by atoms with van der Waals surface area (Å²) in [6.45, 7) is 0.688. The zero-order chi connectivity index (χ0) is 22.8. The molecule has 8 nitrogen and oxygen atoms in total. The Morgan fingerprint density at radius 1 is 1.18 bits per heavy atom. The maximum absolute atomic E-state index is 13.9. The Bertz CT molecular complexity index is 1070. The number of aliphatic hydroxyl groups excluding tert-OH is 1. The van der Waals surface area contributed by atoms with E-state index < -0.39 is 5.92 Å². The van der Waals surface area contributed by atoms with Crippen molar-refractivity contribution >= 4 is 38.6 Å². The number of pyridine rings is 1. The summed E-state index contributed by atoms with van der Waals surface area (Å²) in [6.07, 6.45) is 5.03. The van der Waals surface area contributed by atoms with Gasteiger partial charge in [0.15, 0.2) is 5.13 Å². The molecule has 2 fully saturated rings. The average Bonchev–Trinajstić information content (AvgIpc) is 3.17. The first-order valence-electron chi connectivity index (χ1n) is 11.3. The van der Waals surface area contributed by atoms with Crippen molar-refractivity contribution in [2.24, 2.45) is 0 Å². The number of halogens is 2. The van der Waals surface area contributed by atoms with Crippen LogP contribution in [0.5, 0.6) is 0 Å². The number of hydrogen-bond donors (Lipinski definition) is 3. The molecule has 176 valence electrons. The monoisotopic (exact) mass is 475 g/mol. The summed E-state index contributed by atoms with van der Waals surface area (Å²) in [6, 6.07) is 5.70. The van der Waals surface area contributed by atoms with E-state index >= 15 is 0 Å². The average molecular weight is 476 g/mol. The van der Waals surface area contributed by atoms with Crippen LogP contribution in [0, 0.1) is 0 Å². The van der Waals surface area contributed by atoms with Gasteiger partial charge in [0.25, 0.3) is 5.92 Å². The van der Waals surface area contributed by atoms with Gasteiger partial charge in [0, 0.05) is 31.3 Å². The third-order valence-corrected chi connectivity index (χ3v) is 6.96. The van der Waals surface area contributed by atoms with Gasteiger partial charge in [-0.3, -0.25) is 4.90 Å². The molecule has 2 aliphatic rings. The van der Waals surface area contributed by atoms with Crippen LogP contribution in [0.25, 0.3) is 10.3 Å². The van der Waals surface area contributed by atoms with Gasteiger partial charge in [-0.25, -0.2) is 23.7 Å². The van der Waals surface area contributed by atoms with Crippen LogP contribution in [0.15, 0.2) is 24.4 Å².